The summed E-state index contributed by atoms with van der Waals surface area (Å²) in [5.41, 5.74) is 2.02. The average molecular weight is 179 g/mol. The number of nitrogens with zero attached hydrogens (tertiary/aromatic N) is 2. The number of hydrogen-bond donors (Lipinski definition) is 1. The summed E-state index contributed by atoms with van der Waals surface area (Å²) in [6.45, 7) is 0. The monoisotopic (exact) mass is 179 g/mol. The van der Waals surface area contributed by atoms with Gasteiger partial charge in [-0.25, -0.2) is 4.68 Å². The van der Waals surface area contributed by atoms with Gasteiger partial charge < -0.3 is 10.4 Å². The van der Waals surface area contributed by atoms with Crippen LogP contribution in [0.25, 0.3) is 11.0 Å². The van der Waals surface area contributed by atoms with E-state index < -0.39 is 0 Å². The van der Waals surface area contributed by atoms with Crippen molar-refractivity contribution < 1.29 is 0 Å². The molecule has 2 N–H and O–H groups in total. The van der Waals surface area contributed by atoms with Crippen molar-refractivity contribution in [1.29, 1.82) is 0 Å². The van der Waals surface area contributed by atoms with E-state index in [1.807, 2.05) is 35.9 Å². The fourth-order valence-corrected chi connectivity index (χ4v) is 1.52. The van der Waals surface area contributed by atoms with Gasteiger partial charge in [0.2, 0.25) is 0 Å². The van der Waals surface area contributed by atoms with Gasteiger partial charge in [0.25, 0.3) is 0 Å². The van der Waals surface area contributed by atoms with Crippen molar-refractivity contribution in [1.82, 2.24) is 9.24 Å². The first-order valence-electron chi connectivity index (χ1n) is 3.63. The Labute approximate surface area is 75.0 Å². The van der Waals surface area contributed by atoms with Gasteiger partial charge >= 0.3 is 0 Å². The molecule has 0 aliphatic heterocycles. The lowest BCUT2D eigenvalue weighted by Crippen LogP contribution is -2.07. The van der Waals surface area contributed by atoms with E-state index in [1.165, 1.54) is 4.68 Å². The maximum absolute atomic E-state index is 5.73. The van der Waals surface area contributed by atoms with Gasteiger partial charge in [0.1, 0.15) is 0 Å². The Bertz CT molecular complexity index is 438. The van der Waals surface area contributed by atoms with Crippen molar-refractivity contribution >= 4 is 23.3 Å². The molecule has 0 radical (unpaired) electrons. The quantitative estimate of drug-likeness (QED) is 0.490. The van der Waals surface area contributed by atoms with E-state index in [9.17, 15) is 0 Å². The smallest absolute Gasteiger partial charge is 0.199 e. The fraction of sp³-hybridized carbons (Fsp3) is 0.125. The lowest BCUT2D eigenvalue weighted by Gasteiger charge is -1.91. The summed E-state index contributed by atoms with van der Waals surface area (Å²) in [7, 11) is 1.91. The minimum Gasteiger partial charge on any atom is -0.337 e. The number of fused-ring (bicyclic) bond motifs is 1. The van der Waals surface area contributed by atoms with Crippen LogP contribution in [0.4, 0.5) is 0 Å². The third-order valence-electron chi connectivity index (χ3n) is 2.00. The third kappa shape index (κ3) is 0.783. The van der Waals surface area contributed by atoms with Crippen LogP contribution in [0.3, 0.4) is 0 Å². The Hall–Kier alpha value is -1.29. The number of aryl methyl sites for hydroxylation is 1. The minimum atomic E-state index is 0.635. The molecule has 0 unspecified atom stereocenters. The van der Waals surface area contributed by atoms with Crippen LogP contribution in [0.5, 0.6) is 0 Å². The second-order valence-corrected chi connectivity index (χ2v) is 3.07. The standard InChI is InChI=1S/C8H9N3S/c1-10-6-4-2-3-5-7(6)11(9)8(10)12/h2-5H,9H2,1H3. The molecule has 0 saturated heterocycles. The predicted octanol–water partition coefficient (Wildman–Crippen LogP) is 1.42. The maximum atomic E-state index is 5.73. The Morgan fingerprint density at radius 1 is 1.25 bits per heavy atom. The molecule has 62 valence electrons. The van der Waals surface area contributed by atoms with Gasteiger partial charge in [-0.3, -0.25) is 0 Å². The van der Waals surface area contributed by atoms with Crippen LogP contribution in [0, 0.1) is 4.77 Å². The zero-order valence-electron chi connectivity index (χ0n) is 6.69. The molecule has 2 aromatic rings. The largest absolute Gasteiger partial charge is 0.337 e. The molecule has 0 bridgehead atoms. The molecule has 2 rings (SSSR count). The second-order valence-electron chi connectivity index (χ2n) is 2.70. The second kappa shape index (κ2) is 2.35. The van der Waals surface area contributed by atoms with Gasteiger partial charge in [-0.15, -0.1) is 0 Å². The summed E-state index contributed by atoms with van der Waals surface area (Å²) in [5, 5.41) is 0. The molecule has 0 amide bonds. The number of imidazole rings is 1. The van der Waals surface area contributed by atoms with E-state index in [-0.39, 0.29) is 0 Å². The first kappa shape index (κ1) is 7.36. The van der Waals surface area contributed by atoms with Crippen LogP contribution in [-0.4, -0.2) is 9.24 Å². The number of para-hydroxylation sites is 2. The van der Waals surface area contributed by atoms with Gasteiger partial charge in [0, 0.05) is 7.05 Å². The lowest BCUT2D eigenvalue weighted by molar-refractivity contribution is 0.868. The number of nitrogen functional groups attached to an aromatic ring is 1. The van der Waals surface area contributed by atoms with Crippen LogP contribution < -0.4 is 5.84 Å². The SMILES string of the molecule is Cn1c(=S)n(N)c2ccccc21. The summed E-state index contributed by atoms with van der Waals surface area (Å²) in [5.74, 6) is 5.73. The molecule has 3 nitrogen and oxygen atoms in total. The van der Waals surface area contributed by atoms with Crippen molar-refractivity contribution in [2.45, 2.75) is 0 Å². The summed E-state index contributed by atoms with van der Waals surface area (Å²) in [6, 6.07) is 7.86. The van der Waals surface area contributed by atoms with Crippen LogP contribution >= 0.6 is 12.2 Å². The van der Waals surface area contributed by atoms with E-state index in [0.29, 0.717) is 4.77 Å². The first-order chi connectivity index (χ1) is 5.72. The molecular formula is C8H9N3S. The maximum Gasteiger partial charge on any atom is 0.199 e. The van der Waals surface area contributed by atoms with Crippen molar-refractivity contribution in [3.05, 3.63) is 29.0 Å². The number of nitrogens with two attached hydrogens (primary N) is 1. The predicted molar refractivity (Wildman–Crippen MR) is 51.9 cm³/mol. The third-order valence-corrected chi connectivity index (χ3v) is 2.47. The van der Waals surface area contributed by atoms with Crippen molar-refractivity contribution in [3.63, 3.8) is 0 Å². The van der Waals surface area contributed by atoms with Crippen LogP contribution in [0.15, 0.2) is 24.3 Å². The van der Waals surface area contributed by atoms with Gasteiger partial charge in [-0.1, -0.05) is 12.1 Å². The molecule has 0 aliphatic carbocycles. The fourth-order valence-electron chi connectivity index (χ4n) is 1.32. The summed E-state index contributed by atoms with van der Waals surface area (Å²) in [6.07, 6.45) is 0. The highest BCUT2D eigenvalue weighted by molar-refractivity contribution is 7.71. The molecule has 1 aromatic carbocycles. The molecule has 0 fully saturated rings. The highest BCUT2D eigenvalue weighted by Gasteiger charge is 2.02. The van der Waals surface area contributed by atoms with E-state index in [0.717, 1.165) is 11.0 Å². The normalized spacial score (nSPS) is 10.8. The summed E-state index contributed by atoms with van der Waals surface area (Å²) >= 11 is 5.10. The highest BCUT2D eigenvalue weighted by Crippen LogP contribution is 2.13. The lowest BCUT2D eigenvalue weighted by atomic mass is 10.3. The molecule has 4 heteroatoms. The molecule has 0 aliphatic rings. The molecule has 0 saturated carbocycles. The number of rotatable bonds is 0. The zero-order chi connectivity index (χ0) is 8.72. The van der Waals surface area contributed by atoms with Gasteiger partial charge in [-0.05, 0) is 24.4 Å². The topological polar surface area (TPSA) is 35.9 Å². The van der Waals surface area contributed by atoms with Crippen molar-refractivity contribution in [3.8, 4) is 0 Å². The Morgan fingerprint density at radius 3 is 2.42 bits per heavy atom. The Morgan fingerprint density at radius 2 is 1.83 bits per heavy atom. The van der Waals surface area contributed by atoms with E-state index in [2.05, 4.69) is 0 Å². The molecule has 12 heavy (non-hydrogen) atoms. The first-order valence-corrected chi connectivity index (χ1v) is 4.04. The van der Waals surface area contributed by atoms with Crippen LogP contribution in [0.2, 0.25) is 0 Å². The Kier molecular flexibility index (Phi) is 1.44. The van der Waals surface area contributed by atoms with E-state index in [4.69, 9.17) is 18.1 Å². The Balaban J connectivity index is 3.09. The molecule has 1 heterocycles. The highest BCUT2D eigenvalue weighted by atomic mass is 32.1. The zero-order valence-corrected chi connectivity index (χ0v) is 7.51. The summed E-state index contributed by atoms with van der Waals surface area (Å²) in [4.78, 5) is 0. The summed E-state index contributed by atoms with van der Waals surface area (Å²) < 4.78 is 4.05. The van der Waals surface area contributed by atoms with Gasteiger partial charge in [-0.2, -0.15) is 0 Å². The number of aromatic nitrogens is 2. The van der Waals surface area contributed by atoms with E-state index in [1.54, 1.807) is 0 Å². The minimum absolute atomic E-state index is 0.635. The van der Waals surface area contributed by atoms with Crippen LogP contribution in [0.1, 0.15) is 0 Å². The molecule has 0 atom stereocenters. The van der Waals surface area contributed by atoms with Gasteiger partial charge in [0.15, 0.2) is 4.77 Å². The van der Waals surface area contributed by atoms with Crippen molar-refractivity contribution in [2.75, 3.05) is 5.84 Å². The average Bonchev–Trinajstić information content (AvgIpc) is 2.33. The van der Waals surface area contributed by atoms with E-state index >= 15 is 0 Å². The molecule has 1 aromatic heterocycles. The number of hydrogen-bond acceptors (Lipinski definition) is 2. The molecular weight excluding hydrogens is 170 g/mol. The molecule has 0 spiro atoms. The van der Waals surface area contributed by atoms with Crippen molar-refractivity contribution in [2.24, 2.45) is 7.05 Å². The van der Waals surface area contributed by atoms with Gasteiger partial charge in [0.05, 0.1) is 11.0 Å². The van der Waals surface area contributed by atoms with Crippen LogP contribution in [-0.2, 0) is 7.05 Å². The number of benzene rings is 1.